The van der Waals surface area contributed by atoms with Crippen LogP contribution in [0.15, 0.2) is 158 Å². The summed E-state index contributed by atoms with van der Waals surface area (Å²) in [6.45, 7) is 11.4. The van der Waals surface area contributed by atoms with Gasteiger partial charge in [-0.1, -0.05) is 124 Å². The molecule has 9 aromatic rings. The van der Waals surface area contributed by atoms with Crippen LogP contribution in [0.25, 0.3) is 53.2 Å². The first-order valence-corrected chi connectivity index (χ1v) is 20.5. The Morgan fingerprint density at radius 1 is 0.518 bits per heavy atom. The third-order valence-corrected chi connectivity index (χ3v) is 13.2. The predicted molar refractivity (Wildman–Crippen MR) is 244 cm³/mol. The maximum absolute atomic E-state index is 2.65. The fourth-order valence-corrected chi connectivity index (χ4v) is 10.5. The fourth-order valence-electron chi connectivity index (χ4n) is 9.39. The number of aryl methyl sites for hydroxylation is 2. The van der Waals surface area contributed by atoms with Gasteiger partial charge in [-0.25, -0.2) is 0 Å². The zero-order valence-corrected chi connectivity index (χ0v) is 33.2. The second-order valence-corrected chi connectivity index (χ2v) is 17.8. The monoisotopic (exact) mass is 736 g/mol. The minimum Gasteiger partial charge on any atom is -0.376 e. The topological polar surface area (TPSA) is 6.48 Å². The van der Waals surface area contributed by atoms with E-state index in [0.29, 0.717) is 0 Å². The van der Waals surface area contributed by atoms with E-state index in [2.05, 4.69) is 202 Å². The number of anilines is 5. The Morgan fingerprint density at radius 3 is 2.02 bits per heavy atom. The molecule has 0 saturated heterocycles. The summed E-state index contributed by atoms with van der Waals surface area (Å²) in [5, 5.41) is 5.16. The Hall–Kier alpha value is -6.10. The van der Waals surface area contributed by atoms with Crippen molar-refractivity contribution in [2.45, 2.75) is 40.0 Å². The molecule has 8 aromatic carbocycles. The van der Waals surface area contributed by atoms with Crippen molar-refractivity contribution in [2.75, 3.05) is 9.71 Å². The van der Waals surface area contributed by atoms with Crippen molar-refractivity contribution < 1.29 is 0 Å². The number of nitrogens with zero attached hydrogens (tertiary/aromatic N) is 2. The lowest BCUT2D eigenvalue weighted by Gasteiger charge is -2.46. The van der Waals surface area contributed by atoms with E-state index in [9.17, 15) is 0 Å². The number of hydrogen-bond acceptors (Lipinski definition) is 3. The summed E-state index contributed by atoms with van der Waals surface area (Å²) in [4.78, 5) is 5.23. The molecule has 0 N–H and O–H groups in total. The first kappa shape index (κ1) is 33.3. The van der Waals surface area contributed by atoms with Gasteiger partial charge in [-0.15, -0.1) is 11.3 Å². The van der Waals surface area contributed by atoms with Gasteiger partial charge in [-0.05, 0) is 129 Å². The molecular weight excluding hydrogens is 695 g/mol. The molecule has 0 amide bonds. The van der Waals surface area contributed by atoms with Crippen LogP contribution in [-0.4, -0.2) is 6.85 Å². The van der Waals surface area contributed by atoms with E-state index in [4.69, 9.17) is 0 Å². The second-order valence-electron chi connectivity index (χ2n) is 16.7. The van der Waals surface area contributed by atoms with Gasteiger partial charge in [-0.2, -0.15) is 0 Å². The molecule has 268 valence electrons. The van der Waals surface area contributed by atoms with E-state index in [-0.39, 0.29) is 12.3 Å². The maximum atomic E-state index is 2.65. The SMILES string of the molecule is Cc1cc2c3c(c1)N(c1ccc(-c4ccccc4)cc1C)c1cc4sc5ccccc5c4cc1B3N(c1ccc(C(C)(C)C)cc1)c1cc3ccccc3cc1-2. The first-order chi connectivity index (χ1) is 27.2. The standard InChI is InChI=1S/C52H41BN2S/c1-32-25-43-41-28-35-15-9-10-16-36(35)29-46(41)55(39-22-20-38(21-23-39)52(3,4)5)53-44-30-42-40-17-11-12-18-49(40)56-50(42)31-47(44)54(48(26-32)51(43)53)45-24-19-37(27-33(45)2)34-13-7-6-8-14-34/h6-31H,1-5H3. The highest BCUT2D eigenvalue weighted by Gasteiger charge is 2.45. The minimum absolute atomic E-state index is 0.0482. The highest BCUT2D eigenvalue weighted by Crippen LogP contribution is 2.50. The van der Waals surface area contributed by atoms with E-state index in [1.807, 2.05) is 11.3 Å². The van der Waals surface area contributed by atoms with Crippen molar-refractivity contribution in [1.29, 1.82) is 0 Å². The average Bonchev–Trinajstić information content (AvgIpc) is 3.57. The van der Waals surface area contributed by atoms with Gasteiger partial charge in [0, 0.05) is 54.2 Å². The number of benzene rings is 8. The van der Waals surface area contributed by atoms with E-state index in [0.717, 1.165) is 0 Å². The second kappa shape index (κ2) is 12.2. The number of thiophene rings is 1. The van der Waals surface area contributed by atoms with E-state index >= 15 is 0 Å². The summed E-state index contributed by atoms with van der Waals surface area (Å²) < 4.78 is 2.64. The third kappa shape index (κ3) is 5.02. The predicted octanol–water partition coefficient (Wildman–Crippen LogP) is 13.5. The zero-order valence-electron chi connectivity index (χ0n) is 32.4. The van der Waals surface area contributed by atoms with Gasteiger partial charge in [0.1, 0.15) is 0 Å². The summed E-state index contributed by atoms with van der Waals surface area (Å²) in [6, 6.07) is 59.6. The minimum atomic E-state index is -0.0482. The summed E-state index contributed by atoms with van der Waals surface area (Å²) in [5.41, 5.74) is 17.8. The number of rotatable bonds is 3. The molecule has 0 radical (unpaired) electrons. The molecule has 0 atom stereocenters. The summed E-state index contributed by atoms with van der Waals surface area (Å²) >= 11 is 1.90. The van der Waals surface area contributed by atoms with Crippen molar-refractivity contribution in [3.05, 3.63) is 174 Å². The van der Waals surface area contributed by atoms with Crippen LogP contribution in [-0.2, 0) is 5.41 Å². The van der Waals surface area contributed by atoms with Crippen LogP contribution in [0.2, 0.25) is 0 Å². The molecule has 0 unspecified atom stereocenters. The van der Waals surface area contributed by atoms with Gasteiger partial charge in [0.05, 0.1) is 0 Å². The van der Waals surface area contributed by atoms with E-state index < -0.39 is 0 Å². The summed E-state index contributed by atoms with van der Waals surface area (Å²) in [6.07, 6.45) is 0. The van der Waals surface area contributed by atoms with Gasteiger partial charge in [0.2, 0.25) is 0 Å². The molecule has 0 saturated carbocycles. The number of fused-ring (bicyclic) bond motifs is 8. The van der Waals surface area contributed by atoms with Crippen LogP contribution in [0.1, 0.15) is 37.5 Å². The maximum Gasteiger partial charge on any atom is 0.333 e. The molecule has 1 aromatic heterocycles. The largest absolute Gasteiger partial charge is 0.376 e. The molecule has 0 aliphatic carbocycles. The van der Waals surface area contributed by atoms with E-state index in [1.54, 1.807) is 0 Å². The Balaban J connectivity index is 1.25. The lowest BCUT2D eigenvalue weighted by molar-refractivity contribution is 0.590. The highest BCUT2D eigenvalue weighted by atomic mass is 32.1. The summed E-state index contributed by atoms with van der Waals surface area (Å²) in [5.74, 6) is 0. The van der Waals surface area contributed by atoms with Gasteiger partial charge < -0.3 is 9.71 Å². The van der Waals surface area contributed by atoms with Crippen LogP contribution in [0.5, 0.6) is 0 Å². The third-order valence-electron chi connectivity index (χ3n) is 12.1. The molecule has 4 heteroatoms. The quantitative estimate of drug-likeness (QED) is 0.167. The van der Waals surface area contributed by atoms with Crippen LogP contribution in [0, 0.1) is 13.8 Å². The molecular formula is C52H41BN2S. The van der Waals surface area contributed by atoms with Gasteiger partial charge >= 0.3 is 6.85 Å². The molecule has 11 rings (SSSR count). The molecule has 2 aliphatic rings. The lowest BCUT2D eigenvalue weighted by Crippen LogP contribution is -2.61. The van der Waals surface area contributed by atoms with Gasteiger partial charge in [0.15, 0.2) is 0 Å². The Morgan fingerprint density at radius 2 is 1.25 bits per heavy atom. The molecule has 2 aliphatic heterocycles. The van der Waals surface area contributed by atoms with Crippen molar-refractivity contribution >= 4 is 88.5 Å². The van der Waals surface area contributed by atoms with Crippen LogP contribution in [0.4, 0.5) is 28.4 Å². The van der Waals surface area contributed by atoms with Gasteiger partial charge in [-0.3, -0.25) is 0 Å². The fraction of sp³-hybridized carbons (Fsp3) is 0.115. The molecule has 0 spiro atoms. The molecule has 0 bridgehead atoms. The Kier molecular flexibility index (Phi) is 7.25. The lowest BCUT2D eigenvalue weighted by atomic mass is 9.43. The molecule has 3 heterocycles. The van der Waals surface area contributed by atoms with Gasteiger partial charge in [0.25, 0.3) is 0 Å². The average molecular weight is 737 g/mol. The van der Waals surface area contributed by atoms with E-state index in [1.165, 1.54) is 109 Å². The zero-order chi connectivity index (χ0) is 37.9. The molecule has 56 heavy (non-hydrogen) atoms. The van der Waals surface area contributed by atoms with Crippen LogP contribution >= 0.6 is 11.3 Å². The normalized spacial score (nSPS) is 13.3. The van der Waals surface area contributed by atoms with Crippen molar-refractivity contribution in [3.8, 4) is 22.3 Å². The highest BCUT2D eigenvalue weighted by molar-refractivity contribution is 7.26. The van der Waals surface area contributed by atoms with Crippen LogP contribution in [0.3, 0.4) is 0 Å². The Bertz CT molecular complexity index is 3040. The van der Waals surface area contributed by atoms with Crippen molar-refractivity contribution in [1.82, 2.24) is 0 Å². The molecule has 2 nitrogen and oxygen atoms in total. The summed E-state index contributed by atoms with van der Waals surface area (Å²) in [7, 11) is 0. The van der Waals surface area contributed by atoms with Crippen LogP contribution < -0.4 is 20.6 Å². The van der Waals surface area contributed by atoms with Crippen molar-refractivity contribution in [3.63, 3.8) is 0 Å². The number of hydrogen-bond donors (Lipinski definition) is 0. The smallest absolute Gasteiger partial charge is 0.333 e. The first-order valence-electron chi connectivity index (χ1n) is 19.7. The van der Waals surface area contributed by atoms with Crippen molar-refractivity contribution in [2.24, 2.45) is 0 Å². The molecule has 0 fully saturated rings. The Labute approximate surface area is 333 Å².